The number of benzene rings is 2. The van der Waals surface area contributed by atoms with Gasteiger partial charge in [0, 0.05) is 12.3 Å². The van der Waals surface area contributed by atoms with Crippen LogP contribution in [0.25, 0.3) is 6.08 Å². The van der Waals surface area contributed by atoms with Gasteiger partial charge in [-0.1, -0.05) is 24.3 Å². The third-order valence-corrected chi connectivity index (χ3v) is 6.38. The Labute approximate surface area is 178 Å². The van der Waals surface area contributed by atoms with E-state index in [2.05, 4.69) is 0 Å². The normalized spacial score (nSPS) is 25.9. The zero-order valence-electron chi connectivity index (χ0n) is 17.0. The second kappa shape index (κ2) is 6.87. The summed E-state index contributed by atoms with van der Waals surface area (Å²) in [4.78, 5) is 42.5. The molecule has 3 heterocycles. The molecule has 8 nitrogen and oxygen atoms in total. The summed E-state index contributed by atoms with van der Waals surface area (Å²) in [7, 11) is 2.98. The van der Waals surface area contributed by atoms with Crippen molar-refractivity contribution in [2.24, 2.45) is 17.6 Å². The number of carbonyl (C=O) groups is 3. The van der Waals surface area contributed by atoms with E-state index in [1.54, 1.807) is 29.3 Å². The van der Waals surface area contributed by atoms with Gasteiger partial charge in [-0.05, 0) is 29.3 Å². The van der Waals surface area contributed by atoms with Gasteiger partial charge in [0.05, 0.1) is 37.8 Å². The summed E-state index contributed by atoms with van der Waals surface area (Å²) >= 11 is 0. The summed E-state index contributed by atoms with van der Waals surface area (Å²) in [6, 6.07) is 11.2. The molecule has 3 amide bonds. The van der Waals surface area contributed by atoms with Gasteiger partial charge in [-0.3, -0.25) is 14.4 Å². The molecule has 2 aromatic carbocycles. The standard InChI is InChI=1S/C23H21N3O5/c1-30-13-7-8-15(16(11-13)31-2)26-22(28)17-18(23(26)29)20(21(24)27)25-10-9-12-5-3-4-6-14(12)19(17)25/h3-11,17-20H,1-2H3,(H2,24,27)/t17-,18+,19-,20-/m0/s1. The van der Waals surface area contributed by atoms with Gasteiger partial charge in [0.25, 0.3) is 0 Å². The molecule has 0 radical (unpaired) electrons. The molecule has 2 saturated heterocycles. The lowest BCUT2D eigenvalue weighted by Crippen LogP contribution is -2.46. The minimum Gasteiger partial charge on any atom is -0.497 e. The van der Waals surface area contributed by atoms with Gasteiger partial charge in [0.1, 0.15) is 17.5 Å². The lowest BCUT2D eigenvalue weighted by molar-refractivity contribution is -0.129. The van der Waals surface area contributed by atoms with Crippen molar-refractivity contribution < 1.29 is 23.9 Å². The van der Waals surface area contributed by atoms with Gasteiger partial charge >= 0.3 is 0 Å². The molecule has 2 aromatic rings. The van der Waals surface area contributed by atoms with Crippen molar-refractivity contribution >= 4 is 29.5 Å². The summed E-state index contributed by atoms with van der Waals surface area (Å²) in [6.45, 7) is 0. The van der Waals surface area contributed by atoms with Crippen LogP contribution in [0, 0.1) is 11.8 Å². The van der Waals surface area contributed by atoms with E-state index in [1.807, 2.05) is 30.3 Å². The number of rotatable bonds is 4. The smallest absolute Gasteiger partial charge is 0.240 e. The molecule has 4 atom stereocenters. The quantitative estimate of drug-likeness (QED) is 0.757. The van der Waals surface area contributed by atoms with Crippen LogP contribution < -0.4 is 20.1 Å². The van der Waals surface area contributed by atoms with Crippen molar-refractivity contribution in [3.05, 3.63) is 59.8 Å². The van der Waals surface area contributed by atoms with E-state index in [0.29, 0.717) is 17.2 Å². The molecule has 31 heavy (non-hydrogen) atoms. The monoisotopic (exact) mass is 419 g/mol. The fourth-order valence-corrected chi connectivity index (χ4v) is 5.09. The molecule has 2 fully saturated rings. The summed E-state index contributed by atoms with van der Waals surface area (Å²) in [5.74, 6) is -2.21. The first-order valence-corrected chi connectivity index (χ1v) is 9.91. The number of nitrogens with two attached hydrogens (primary N) is 1. The highest BCUT2D eigenvalue weighted by molar-refractivity contribution is 6.24. The molecule has 0 aromatic heterocycles. The Morgan fingerprint density at radius 3 is 2.45 bits per heavy atom. The molecule has 8 heteroatoms. The van der Waals surface area contributed by atoms with Gasteiger partial charge in [0.2, 0.25) is 17.7 Å². The van der Waals surface area contributed by atoms with E-state index in [0.717, 1.165) is 16.0 Å². The SMILES string of the molecule is COc1ccc(N2C(=O)[C@@H]3[C@H](C2=O)[C@@H]2c4ccccc4C=CN2[C@@H]3C(N)=O)c(OC)c1. The molecule has 0 bridgehead atoms. The summed E-state index contributed by atoms with van der Waals surface area (Å²) < 4.78 is 10.6. The second-order valence-corrected chi connectivity index (χ2v) is 7.79. The minimum absolute atomic E-state index is 0.321. The zero-order chi connectivity index (χ0) is 21.9. The van der Waals surface area contributed by atoms with Crippen molar-refractivity contribution in [3.8, 4) is 11.5 Å². The highest BCUT2D eigenvalue weighted by Crippen LogP contribution is 2.53. The Balaban J connectivity index is 1.64. The lowest BCUT2D eigenvalue weighted by atomic mass is 9.84. The van der Waals surface area contributed by atoms with Crippen LogP contribution >= 0.6 is 0 Å². The average molecular weight is 419 g/mol. The first-order valence-electron chi connectivity index (χ1n) is 9.91. The van der Waals surface area contributed by atoms with Crippen LogP contribution in [-0.2, 0) is 14.4 Å². The fourth-order valence-electron chi connectivity index (χ4n) is 5.09. The molecule has 5 rings (SSSR count). The first kappa shape index (κ1) is 19.2. The van der Waals surface area contributed by atoms with Gasteiger partial charge in [-0.2, -0.15) is 0 Å². The van der Waals surface area contributed by atoms with Crippen LogP contribution in [0.4, 0.5) is 5.69 Å². The van der Waals surface area contributed by atoms with Gasteiger partial charge in [0.15, 0.2) is 0 Å². The van der Waals surface area contributed by atoms with Crippen LogP contribution in [0.2, 0.25) is 0 Å². The van der Waals surface area contributed by atoms with Crippen LogP contribution in [-0.4, -0.2) is 42.9 Å². The molecule has 0 aliphatic carbocycles. The Kier molecular flexibility index (Phi) is 4.25. The maximum Gasteiger partial charge on any atom is 0.240 e. The van der Waals surface area contributed by atoms with Crippen molar-refractivity contribution in [3.63, 3.8) is 0 Å². The first-order chi connectivity index (χ1) is 15.0. The number of hydrogen-bond donors (Lipinski definition) is 1. The number of ether oxygens (including phenoxy) is 2. The minimum atomic E-state index is -0.912. The molecule has 0 saturated carbocycles. The topological polar surface area (TPSA) is 102 Å². The third-order valence-electron chi connectivity index (χ3n) is 6.38. The van der Waals surface area contributed by atoms with E-state index in [-0.39, 0.29) is 5.91 Å². The molecule has 3 aliphatic heterocycles. The largest absolute Gasteiger partial charge is 0.497 e. The Bertz CT molecular complexity index is 1140. The number of fused-ring (bicyclic) bond motifs is 5. The number of nitrogens with zero attached hydrogens (tertiary/aromatic N) is 2. The highest BCUT2D eigenvalue weighted by atomic mass is 16.5. The molecule has 158 valence electrons. The van der Waals surface area contributed by atoms with E-state index in [1.165, 1.54) is 14.2 Å². The Hall–Kier alpha value is -3.81. The van der Waals surface area contributed by atoms with Crippen molar-refractivity contribution in [1.82, 2.24) is 4.90 Å². The summed E-state index contributed by atoms with van der Waals surface area (Å²) in [6.07, 6.45) is 3.64. The highest BCUT2D eigenvalue weighted by Gasteiger charge is 2.64. The van der Waals surface area contributed by atoms with E-state index >= 15 is 0 Å². The molecule has 0 spiro atoms. The Morgan fingerprint density at radius 2 is 1.74 bits per heavy atom. The average Bonchev–Trinajstić information content (AvgIpc) is 3.26. The van der Waals surface area contributed by atoms with Crippen molar-refractivity contribution in [2.45, 2.75) is 12.1 Å². The van der Waals surface area contributed by atoms with Crippen LogP contribution in [0.1, 0.15) is 17.2 Å². The van der Waals surface area contributed by atoms with E-state index in [9.17, 15) is 14.4 Å². The van der Waals surface area contributed by atoms with Gasteiger partial charge in [-0.15, -0.1) is 0 Å². The van der Waals surface area contributed by atoms with Crippen LogP contribution in [0.15, 0.2) is 48.7 Å². The summed E-state index contributed by atoms with van der Waals surface area (Å²) in [5.41, 5.74) is 7.90. The Morgan fingerprint density at radius 1 is 1.00 bits per heavy atom. The molecular weight excluding hydrogens is 398 g/mol. The number of hydrogen-bond acceptors (Lipinski definition) is 6. The van der Waals surface area contributed by atoms with Gasteiger partial charge < -0.3 is 20.1 Å². The molecule has 0 unspecified atom stereocenters. The second-order valence-electron chi connectivity index (χ2n) is 7.79. The van der Waals surface area contributed by atoms with Gasteiger partial charge in [-0.25, -0.2) is 4.90 Å². The lowest BCUT2D eigenvalue weighted by Gasteiger charge is -2.34. The fraction of sp³-hybridized carbons (Fsp3) is 0.261. The number of imide groups is 1. The van der Waals surface area contributed by atoms with Crippen LogP contribution in [0.5, 0.6) is 11.5 Å². The maximum atomic E-state index is 13.7. The molecule has 2 N–H and O–H groups in total. The van der Waals surface area contributed by atoms with E-state index in [4.69, 9.17) is 15.2 Å². The molecular formula is C23H21N3O5. The van der Waals surface area contributed by atoms with Crippen molar-refractivity contribution in [2.75, 3.05) is 19.1 Å². The number of amides is 3. The maximum absolute atomic E-state index is 13.7. The van der Waals surface area contributed by atoms with Crippen LogP contribution in [0.3, 0.4) is 0 Å². The number of anilines is 1. The van der Waals surface area contributed by atoms with Crippen molar-refractivity contribution in [1.29, 1.82) is 0 Å². The number of carbonyl (C=O) groups excluding carboxylic acids is 3. The predicted molar refractivity (Wildman–Crippen MR) is 112 cm³/mol. The van der Waals surface area contributed by atoms with E-state index < -0.39 is 35.7 Å². The third kappa shape index (κ3) is 2.57. The number of methoxy groups -OCH3 is 2. The summed E-state index contributed by atoms with van der Waals surface area (Å²) in [5, 5.41) is 0. The predicted octanol–water partition coefficient (Wildman–Crippen LogP) is 1.70. The number of primary amides is 1. The zero-order valence-corrected chi connectivity index (χ0v) is 17.0. The molecule has 3 aliphatic rings.